The lowest BCUT2D eigenvalue weighted by atomic mass is 10.2. The number of hydrogen-bond acceptors (Lipinski definition) is 4. The molecule has 0 aliphatic carbocycles. The van der Waals surface area contributed by atoms with Gasteiger partial charge in [0.1, 0.15) is 5.82 Å². The minimum absolute atomic E-state index is 0.130. The molecule has 6 heteroatoms. The van der Waals surface area contributed by atoms with Gasteiger partial charge >= 0.3 is 0 Å². The van der Waals surface area contributed by atoms with Crippen molar-refractivity contribution >= 4 is 11.7 Å². The molecule has 0 unspecified atom stereocenters. The topological polar surface area (TPSA) is 71.8 Å². The van der Waals surface area contributed by atoms with Gasteiger partial charge in [-0.25, -0.2) is 4.98 Å². The molecule has 2 aromatic rings. The first-order chi connectivity index (χ1) is 8.70. The number of carbonyl (C=O) groups excluding carboxylic acids is 1. The van der Waals surface area contributed by atoms with E-state index in [1.54, 1.807) is 36.3 Å². The fourth-order valence-electron chi connectivity index (χ4n) is 1.56. The van der Waals surface area contributed by atoms with Crippen LogP contribution in [-0.2, 0) is 13.6 Å². The zero-order valence-corrected chi connectivity index (χ0v) is 10.3. The third-order valence-corrected chi connectivity index (χ3v) is 2.63. The van der Waals surface area contributed by atoms with Crippen LogP contribution in [0.5, 0.6) is 0 Å². The van der Waals surface area contributed by atoms with E-state index in [1.165, 1.54) is 0 Å². The predicted octanol–water partition coefficient (Wildman–Crippen LogP) is 0.787. The van der Waals surface area contributed by atoms with Crippen LogP contribution in [-0.4, -0.2) is 27.7 Å². The Hall–Kier alpha value is -2.37. The standard InChI is InChI=1S/C12H15N5O/c1-13-11-7-9(3-5-14-11)12(18)15-8-10-4-6-16-17(10)2/h3-7H,8H2,1-2H3,(H,13,14)(H,15,18). The molecular weight excluding hydrogens is 230 g/mol. The molecule has 2 rings (SSSR count). The van der Waals surface area contributed by atoms with Crippen molar-refractivity contribution in [3.63, 3.8) is 0 Å². The monoisotopic (exact) mass is 245 g/mol. The summed E-state index contributed by atoms with van der Waals surface area (Å²) in [7, 11) is 3.60. The maximum Gasteiger partial charge on any atom is 0.251 e. The quantitative estimate of drug-likeness (QED) is 0.835. The Morgan fingerprint density at radius 3 is 2.89 bits per heavy atom. The average molecular weight is 245 g/mol. The van der Waals surface area contributed by atoms with Gasteiger partial charge in [-0.3, -0.25) is 9.48 Å². The molecule has 0 saturated heterocycles. The van der Waals surface area contributed by atoms with Crippen molar-refractivity contribution in [1.29, 1.82) is 0 Å². The SMILES string of the molecule is CNc1cc(C(=O)NCc2ccnn2C)ccn1. The van der Waals surface area contributed by atoms with E-state index in [0.717, 1.165) is 5.69 Å². The number of amides is 1. The summed E-state index contributed by atoms with van der Waals surface area (Å²) in [6.07, 6.45) is 3.30. The second-order valence-electron chi connectivity index (χ2n) is 3.81. The number of pyridine rings is 1. The van der Waals surface area contributed by atoms with Crippen LogP contribution in [0.1, 0.15) is 16.1 Å². The zero-order chi connectivity index (χ0) is 13.0. The van der Waals surface area contributed by atoms with E-state index in [4.69, 9.17) is 0 Å². The van der Waals surface area contributed by atoms with Gasteiger partial charge in [0.25, 0.3) is 5.91 Å². The lowest BCUT2D eigenvalue weighted by molar-refractivity contribution is 0.0950. The largest absolute Gasteiger partial charge is 0.373 e. The molecule has 0 radical (unpaired) electrons. The first-order valence-electron chi connectivity index (χ1n) is 5.59. The van der Waals surface area contributed by atoms with E-state index in [9.17, 15) is 4.79 Å². The normalized spacial score (nSPS) is 10.1. The number of carbonyl (C=O) groups is 1. The zero-order valence-electron chi connectivity index (χ0n) is 10.3. The van der Waals surface area contributed by atoms with E-state index in [-0.39, 0.29) is 5.91 Å². The molecule has 6 nitrogen and oxygen atoms in total. The summed E-state index contributed by atoms with van der Waals surface area (Å²) in [4.78, 5) is 16.0. The summed E-state index contributed by atoms with van der Waals surface area (Å²) in [6.45, 7) is 0.451. The smallest absolute Gasteiger partial charge is 0.251 e. The van der Waals surface area contributed by atoms with Gasteiger partial charge in [-0.2, -0.15) is 5.10 Å². The maximum absolute atomic E-state index is 11.9. The van der Waals surface area contributed by atoms with Crippen LogP contribution in [0.15, 0.2) is 30.6 Å². The van der Waals surface area contributed by atoms with Crippen molar-refractivity contribution in [2.45, 2.75) is 6.54 Å². The van der Waals surface area contributed by atoms with Gasteiger partial charge in [0.15, 0.2) is 0 Å². The fourth-order valence-corrected chi connectivity index (χ4v) is 1.56. The fraction of sp³-hybridized carbons (Fsp3) is 0.250. The molecule has 0 spiro atoms. The molecule has 2 N–H and O–H groups in total. The van der Waals surface area contributed by atoms with Gasteiger partial charge in [0.05, 0.1) is 12.2 Å². The predicted molar refractivity (Wildman–Crippen MR) is 68.2 cm³/mol. The van der Waals surface area contributed by atoms with Crippen molar-refractivity contribution in [1.82, 2.24) is 20.1 Å². The third-order valence-electron chi connectivity index (χ3n) is 2.63. The molecule has 18 heavy (non-hydrogen) atoms. The van der Waals surface area contributed by atoms with E-state index in [1.807, 2.05) is 13.1 Å². The molecule has 0 atom stereocenters. The lowest BCUT2D eigenvalue weighted by Gasteiger charge is -2.06. The van der Waals surface area contributed by atoms with Crippen LogP contribution in [0.4, 0.5) is 5.82 Å². The van der Waals surface area contributed by atoms with Crippen molar-refractivity contribution in [3.05, 3.63) is 41.9 Å². The Labute approximate surface area is 105 Å². The Morgan fingerprint density at radius 2 is 2.22 bits per heavy atom. The summed E-state index contributed by atoms with van der Waals surface area (Å²) in [5.74, 6) is 0.540. The number of nitrogens with zero attached hydrogens (tertiary/aromatic N) is 3. The molecule has 94 valence electrons. The molecule has 0 aliphatic heterocycles. The molecule has 0 saturated carbocycles. The van der Waals surface area contributed by atoms with E-state index >= 15 is 0 Å². The molecule has 1 amide bonds. The van der Waals surface area contributed by atoms with Gasteiger partial charge in [-0.05, 0) is 18.2 Å². The van der Waals surface area contributed by atoms with Crippen LogP contribution in [0, 0.1) is 0 Å². The maximum atomic E-state index is 11.9. The summed E-state index contributed by atoms with van der Waals surface area (Å²) in [6, 6.07) is 5.25. The Morgan fingerprint density at radius 1 is 1.39 bits per heavy atom. The van der Waals surface area contributed by atoms with Crippen LogP contribution in [0.25, 0.3) is 0 Å². The molecule has 0 aromatic carbocycles. The third kappa shape index (κ3) is 2.65. The second-order valence-corrected chi connectivity index (χ2v) is 3.81. The highest BCUT2D eigenvalue weighted by molar-refractivity contribution is 5.94. The number of aryl methyl sites for hydroxylation is 1. The van der Waals surface area contributed by atoms with Gasteiger partial charge in [0.2, 0.25) is 0 Å². The van der Waals surface area contributed by atoms with E-state index in [0.29, 0.717) is 17.9 Å². The Kier molecular flexibility index (Phi) is 3.57. The number of hydrogen-bond donors (Lipinski definition) is 2. The first-order valence-corrected chi connectivity index (χ1v) is 5.59. The summed E-state index contributed by atoms with van der Waals surface area (Å²) in [5, 5.41) is 9.77. The minimum atomic E-state index is -0.130. The Balaban J connectivity index is 2.01. The second kappa shape index (κ2) is 5.31. The number of anilines is 1. The summed E-state index contributed by atoms with van der Waals surface area (Å²) < 4.78 is 1.73. The summed E-state index contributed by atoms with van der Waals surface area (Å²) in [5.41, 5.74) is 1.53. The molecular formula is C12H15N5O. The van der Waals surface area contributed by atoms with Crippen molar-refractivity contribution in [2.75, 3.05) is 12.4 Å². The number of rotatable bonds is 4. The van der Waals surface area contributed by atoms with Crippen LogP contribution >= 0.6 is 0 Å². The molecule has 0 fully saturated rings. The van der Waals surface area contributed by atoms with Crippen LogP contribution in [0.2, 0.25) is 0 Å². The number of nitrogens with one attached hydrogen (secondary N) is 2. The molecule has 0 aliphatic rings. The Bertz CT molecular complexity index is 549. The minimum Gasteiger partial charge on any atom is -0.373 e. The van der Waals surface area contributed by atoms with Crippen molar-refractivity contribution in [3.8, 4) is 0 Å². The number of aromatic nitrogens is 3. The highest BCUT2D eigenvalue weighted by Crippen LogP contribution is 2.06. The lowest BCUT2D eigenvalue weighted by Crippen LogP contribution is -2.24. The van der Waals surface area contributed by atoms with E-state index < -0.39 is 0 Å². The van der Waals surface area contributed by atoms with Gasteiger partial charge in [0, 0.05) is 32.1 Å². The van der Waals surface area contributed by atoms with Gasteiger partial charge in [-0.15, -0.1) is 0 Å². The van der Waals surface area contributed by atoms with Crippen LogP contribution in [0.3, 0.4) is 0 Å². The van der Waals surface area contributed by atoms with Gasteiger partial charge in [-0.1, -0.05) is 0 Å². The van der Waals surface area contributed by atoms with Gasteiger partial charge < -0.3 is 10.6 Å². The van der Waals surface area contributed by atoms with Crippen molar-refractivity contribution < 1.29 is 4.79 Å². The van der Waals surface area contributed by atoms with E-state index in [2.05, 4.69) is 20.7 Å². The first kappa shape index (κ1) is 12.1. The molecule has 2 heterocycles. The highest BCUT2D eigenvalue weighted by atomic mass is 16.1. The molecule has 2 aromatic heterocycles. The highest BCUT2D eigenvalue weighted by Gasteiger charge is 2.07. The van der Waals surface area contributed by atoms with Crippen LogP contribution < -0.4 is 10.6 Å². The van der Waals surface area contributed by atoms with Crippen molar-refractivity contribution in [2.24, 2.45) is 7.05 Å². The molecule has 0 bridgehead atoms. The average Bonchev–Trinajstić information content (AvgIpc) is 2.81. The summed E-state index contributed by atoms with van der Waals surface area (Å²) >= 11 is 0.